The zero-order valence-electron chi connectivity index (χ0n) is 9.27. The van der Waals surface area contributed by atoms with Crippen LogP contribution < -0.4 is 4.73 Å². The number of aryl methyl sites for hydroxylation is 1. The molecule has 0 aliphatic heterocycles. The molecule has 0 saturated carbocycles. The lowest BCUT2D eigenvalue weighted by Gasteiger charge is -2.08. The Hall–Kier alpha value is -1.93. The van der Waals surface area contributed by atoms with E-state index in [0.717, 1.165) is 20.0 Å². The first-order valence-electron chi connectivity index (χ1n) is 5.06. The van der Waals surface area contributed by atoms with Crippen molar-refractivity contribution in [2.75, 3.05) is 0 Å². The highest BCUT2D eigenvalue weighted by Gasteiger charge is 2.21. The third kappa shape index (κ3) is 1.75. The second-order valence-electron chi connectivity index (χ2n) is 3.59. The van der Waals surface area contributed by atoms with E-state index in [-0.39, 0.29) is 0 Å². The highest BCUT2D eigenvalue weighted by Crippen LogP contribution is 2.32. The molecular weight excluding hydrogens is 270 g/mol. The summed E-state index contributed by atoms with van der Waals surface area (Å²) in [6, 6.07) is 3.67. The number of rotatable bonds is 2. The average molecular weight is 277 g/mol. The monoisotopic (exact) mass is 277 g/mol. The van der Waals surface area contributed by atoms with E-state index in [1.165, 1.54) is 23.1 Å². The molecule has 3 aromatic rings. The molecule has 0 saturated heterocycles. The normalized spacial score (nSPS) is 10.7. The largest absolute Gasteiger partial charge is 0.618 e. The van der Waals surface area contributed by atoms with Gasteiger partial charge in [0.15, 0.2) is 5.69 Å². The molecule has 0 bridgehead atoms. The predicted molar refractivity (Wildman–Crippen MR) is 67.9 cm³/mol. The Morgan fingerprint density at radius 3 is 2.33 bits per heavy atom. The highest BCUT2D eigenvalue weighted by molar-refractivity contribution is 7.10. The van der Waals surface area contributed by atoms with E-state index >= 15 is 0 Å². The summed E-state index contributed by atoms with van der Waals surface area (Å²) in [5, 5.41) is 19.8. The summed E-state index contributed by atoms with van der Waals surface area (Å²) in [6.07, 6.45) is 3.24. The quantitative estimate of drug-likeness (QED) is 0.526. The Morgan fingerprint density at radius 1 is 1.06 bits per heavy atom. The minimum absolute atomic E-state index is 0.552. The summed E-state index contributed by atoms with van der Waals surface area (Å²) >= 11 is 2.44. The number of hydrogen-bond donors (Lipinski definition) is 0. The Kier molecular flexibility index (Phi) is 2.73. The van der Waals surface area contributed by atoms with Gasteiger partial charge < -0.3 is 5.21 Å². The van der Waals surface area contributed by atoms with Crippen molar-refractivity contribution in [2.24, 2.45) is 0 Å². The summed E-state index contributed by atoms with van der Waals surface area (Å²) < 4.78 is 8.52. The molecule has 3 heterocycles. The van der Waals surface area contributed by atoms with Crippen LogP contribution in [-0.4, -0.2) is 19.2 Å². The number of aromatic nitrogens is 5. The van der Waals surface area contributed by atoms with E-state index in [0.29, 0.717) is 11.4 Å². The zero-order valence-corrected chi connectivity index (χ0v) is 10.9. The predicted octanol–water partition coefficient (Wildman–Crippen LogP) is 1.67. The first kappa shape index (κ1) is 11.2. The van der Waals surface area contributed by atoms with E-state index in [4.69, 9.17) is 0 Å². The maximum atomic E-state index is 12.2. The molecule has 0 aliphatic rings. The smallest absolute Gasteiger partial charge is 0.246 e. The molecule has 6 nitrogen and oxygen atoms in total. The maximum absolute atomic E-state index is 12.2. The van der Waals surface area contributed by atoms with E-state index in [1.807, 2.05) is 6.07 Å². The van der Waals surface area contributed by atoms with Gasteiger partial charge in [0, 0.05) is 13.0 Å². The van der Waals surface area contributed by atoms with Crippen LogP contribution in [0.3, 0.4) is 0 Å². The third-order valence-corrected chi connectivity index (χ3v) is 3.86. The average Bonchev–Trinajstić information content (AvgIpc) is 3.03. The fraction of sp³-hybridized carbons (Fsp3) is 0.100. The van der Waals surface area contributed by atoms with Crippen LogP contribution in [0.2, 0.25) is 0 Å². The van der Waals surface area contributed by atoms with Crippen LogP contribution in [0.15, 0.2) is 24.5 Å². The highest BCUT2D eigenvalue weighted by atomic mass is 32.1. The fourth-order valence-electron chi connectivity index (χ4n) is 1.63. The summed E-state index contributed by atoms with van der Waals surface area (Å²) in [4.78, 5) is 1.58. The summed E-state index contributed by atoms with van der Waals surface area (Å²) in [6.45, 7) is 1.76. The first-order valence-corrected chi connectivity index (χ1v) is 6.60. The van der Waals surface area contributed by atoms with Crippen LogP contribution in [0.1, 0.15) is 5.69 Å². The molecule has 90 valence electrons. The van der Waals surface area contributed by atoms with Gasteiger partial charge in [0.25, 0.3) is 0 Å². The molecule has 0 aromatic carbocycles. The molecule has 0 unspecified atom stereocenters. The molecule has 0 spiro atoms. The second-order valence-corrected chi connectivity index (χ2v) is 5.17. The van der Waals surface area contributed by atoms with Gasteiger partial charge in [-0.1, -0.05) is 8.98 Å². The van der Waals surface area contributed by atoms with Gasteiger partial charge in [0.2, 0.25) is 5.69 Å². The van der Waals surface area contributed by atoms with Crippen LogP contribution >= 0.6 is 23.1 Å². The van der Waals surface area contributed by atoms with Crippen LogP contribution in [-0.2, 0) is 0 Å². The summed E-state index contributed by atoms with van der Waals surface area (Å²) in [7, 11) is 0. The molecule has 18 heavy (non-hydrogen) atoms. The zero-order chi connectivity index (χ0) is 12.5. The fourth-order valence-corrected chi connectivity index (χ4v) is 2.72. The maximum Gasteiger partial charge on any atom is 0.246 e. The van der Waals surface area contributed by atoms with Crippen molar-refractivity contribution in [1.29, 1.82) is 0 Å². The van der Waals surface area contributed by atoms with Crippen molar-refractivity contribution in [3.05, 3.63) is 35.4 Å². The van der Waals surface area contributed by atoms with Gasteiger partial charge in [-0.05, 0) is 29.1 Å². The van der Waals surface area contributed by atoms with Gasteiger partial charge in [0.1, 0.15) is 4.88 Å². The third-order valence-electron chi connectivity index (χ3n) is 2.49. The van der Waals surface area contributed by atoms with Gasteiger partial charge in [-0.15, -0.1) is 10.2 Å². The van der Waals surface area contributed by atoms with Crippen molar-refractivity contribution < 1.29 is 4.73 Å². The van der Waals surface area contributed by atoms with E-state index in [1.54, 1.807) is 25.4 Å². The van der Waals surface area contributed by atoms with Crippen LogP contribution in [0.5, 0.6) is 0 Å². The van der Waals surface area contributed by atoms with Crippen LogP contribution in [0, 0.1) is 12.1 Å². The topological polar surface area (TPSA) is 78.5 Å². The van der Waals surface area contributed by atoms with Gasteiger partial charge in [-0.25, -0.2) is 0 Å². The summed E-state index contributed by atoms with van der Waals surface area (Å²) in [5.41, 5.74) is 1.98. The lowest BCUT2D eigenvalue weighted by molar-refractivity contribution is -0.600. The van der Waals surface area contributed by atoms with Crippen molar-refractivity contribution in [3.8, 4) is 21.0 Å². The van der Waals surface area contributed by atoms with E-state index < -0.39 is 0 Å². The lowest BCUT2D eigenvalue weighted by atomic mass is 10.1. The second kappa shape index (κ2) is 4.39. The van der Waals surface area contributed by atoms with Gasteiger partial charge in [-0.3, -0.25) is 0 Å². The van der Waals surface area contributed by atoms with Crippen molar-refractivity contribution in [3.63, 3.8) is 0 Å². The van der Waals surface area contributed by atoms with Crippen LogP contribution in [0.25, 0.3) is 21.0 Å². The molecule has 0 fully saturated rings. The molecule has 0 amide bonds. The SMILES string of the molecule is Cc1ccc(-c2cnns2)c(-c2cnns2)[n+]1[O-]. The molecule has 3 rings (SSSR count). The van der Waals surface area contributed by atoms with Gasteiger partial charge in [-0.2, -0.15) is 4.73 Å². The van der Waals surface area contributed by atoms with E-state index in [9.17, 15) is 5.21 Å². The molecular formula is C10H7N5OS2. The Balaban J connectivity index is 2.30. The van der Waals surface area contributed by atoms with Crippen molar-refractivity contribution in [2.45, 2.75) is 6.92 Å². The molecule has 0 atom stereocenters. The molecule has 8 heteroatoms. The van der Waals surface area contributed by atoms with Crippen molar-refractivity contribution >= 4 is 23.1 Å². The first-order chi connectivity index (χ1) is 8.77. The summed E-state index contributed by atoms with van der Waals surface area (Å²) in [5.74, 6) is 0. The molecule has 0 N–H and O–H groups in total. The number of pyridine rings is 1. The Labute approximate surface area is 110 Å². The number of nitrogens with zero attached hydrogens (tertiary/aromatic N) is 5. The minimum Gasteiger partial charge on any atom is -0.618 e. The standard InChI is InChI=1S/C10H7N5OS2/c1-6-2-3-7(8-4-11-13-17-8)10(15(6)16)9-5-12-14-18-9/h2-5H,1H3. The van der Waals surface area contributed by atoms with Crippen LogP contribution in [0.4, 0.5) is 0 Å². The van der Waals surface area contributed by atoms with Gasteiger partial charge in [0.05, 0.1) is 22.8 Å². The molecule has 0 radical (unpaired) electrons. The minimum atomic E-state index is 0.552. The Morgan fingerprint density at radius 2 is 1.72 bits per heavy atom. The lowest BCUT2D eigenvalue weighted by Crippen LogP contribution is -2.33. The Bertz CT molecular complexity index is 666. The number of hydrogen-bond acceptors (Lipinski definition) is 7. The van der Waals surface area contributed by atoms with E-state index in [2.05, 4.69) is 19.2 Å². The van der Waals surface area contributed by atoms with Crippen molar-refractivity contribution in [1.82, 2.24) is 19.2 Å². The molecule has 0 aliphatic carbocycles. The van der Waals surface area contributed by atoms with Gasteiger partial charge >= 0.3 is 0 Å². The molecule has 3 aromatic heterocycles.